The Labute approximate surface area is 132 Å². The molecule has 0 atom stereocenters. The molecule has 0 fully saturated rings. The second kappa shape index (κ2) is 8.93. The first-order valence-electron chi connectivity index (χ1n) is 7.47. The van der Waals surface area contributed by atoms with Crippen LogP contribution in [0.25, 0.3) is 21.8 Å². The number of hydrogen-bond acceptors (Lipinski definition) is 3. The van der Waals surface area contributed by atoms with Crippen molar-refractivity contribution in [3.8, 4) is 0 Å². The summed E-state index contributed by atoms with van der Waals surface area (Å²) in [5.41, 5.74) is 1.95. The van der Waals surface area contributed by atoms with E-state index < -0.39 is 0 Å². The van der Waals surface area contributed by atoms with Crippen molar-refractivity contribution in [2.75, 3.05) is 0 Å². The lowest BCUT2D eigenvalue weighted by atomic mass is 9.58. The van der Waals surface area contributed by atoms with Gasteiger partial charge in [0.1, 0.15) is 12.5 Å². The topological polar surface area (TPSA) is 42.9 Å². The summed E-state index contributed by atoms with van der Waals surface area (Å²) in [5.74, 6) is 0.167. The average molecular weight is 294 g/mol. The average Bonchev–Trinajstić information content (AvgIpc) is 2.46. The molecule has 1 aromatic carbocycles. The van der Waals surface area contributed by atoms with Crippen LogP contribution in [0.15, 0.2) is 48.8 Å². The normalized spacial score (nSPS) is 9.32. The Kier molecular flexibility index (Phi) is 7.23. The minimum atomic E-state index is 0.167. The Hall–Kier alpha value is -2.23. The molecule has 22 heavy (non-hydrogen) atoms. The molecule has 0 bridgehead atoms. The van der Waals surface area contributed by atoms with Crippen molar-refractivity contribution in [1.29, 1.82) is 0 Å². The highest BCUT2D eigenvalue weighted by Gasteiger charge is 2.00. The maximum Gasteiger partial charge on any atom is 0.130 e. The molecule has 0 saturated heterocycles. The summed E-state index contributed by atoms with van der Waals surface area (Å²) in [4.78, 5) is 18.1. The van der Waals surface area contributed by atoms with Crippen LogP contribution in [-0.4, -0.2) is 22.5 Å². The Bertz CT molecular complexity index is 680. The molecule has 0 spiro atoms. The molecule has 2 aromatic heterocycles. The van der Waals surface area contributed by atoms with E-state index in [1.165, 1.54) is 13.8 Å². The quantitative estimate of drug-likeness (QED) is 0.444. The van der Waals surface area contributed by atoms with E-state index >= 15 is 0 Å². The number of fused-ring (bicyclic) bond motifs is 3. The number of benzene rings is 1. The molecule has 0 amide bonds. The zero-order chi connectivity index (χ0) is 16.5. The number of rotatable bonds is 0. The van der Waals surface area contributed by atoms with Gasteiger partial charge < -0.3 is 4.79 Å². The van der Waals surface area contributed by atoms with Gasteiger partial charge in [-0.15, -0.1) is 0 Å². The van der Waals surface area contributed by atoms with Crippen LogP contribution in [0.4, 0.5) is 0 Å². The summed E-state index contributed by atoms with van der Waals surface area (Å²) in [5, 5.41) is 2.28. The minimum absolute atomic E-state index is 0.167. The lowest BCUT2D eigenvalue weighted by Gasteiger charge is -2.00. The van der Waals surface area contributed by atoms with Crippen molar-refractivity contribution in [1.82, 2.24) is 9.97 Å². The van der Waals surface area contributed by atoms with Crippen LogP contribution in [0.3, 0.4) is 0 Å². The van der Waals surface area contributed by atoms with Crippen molar-refractivity contribution in [2.24, 2.45) is 0 Å². The summed E-state index contributed by atoms with van der Waals surface area (Å²) in [6.07, 6.45) is 3.60. The van der Waals surface area contributed by atoms with Crippen molar-refractivity contribution in [3.63, 3.8) is 0 Å². The molecule has 0 aliphatic rings. The van der Waals surface area contributed by atoms with E-state index in [9.17, 15) is 4.79 Å². The van der Waals surface area contributed by atoms with Gasteiger partial charge in [-0.2, -0.15) is 0 Å². The van der Waals surface area contributed by atoms with Crippen LogP contribution in [0.1, 0.15) is 13.8 Å². The molecule has 0 radical (unpaired) electrons. The van der Waals surface area contributed by atoms with Crippen LogP contribution >= 0.6 is 0 Å². The molecule has 3 nitrogen and oxygen atoms in total. The first kappa shape index (κ1) is 17.8. The third-order valence-electron chi connectivity index (χ3n) is 2.34. The summed E-state index contributed by atoms with van der Waals surface area (Å²) in [6.45, 7) is 10.4. The fourth-order valence-corrected chi connectivity index (χ4v) is 1.68. The summed E-state index contributed by atoms with van der Waals surface area (Å²) < 4.78 is 0. The number of aromatic nitrogens is 2. The van der Waals surface area contributed by atoms with E-state index in [0.29, 0.717) is 0 Å². The number of ketones is 1. The van der Waals surface area contributed by atoms with Gasteiger partial charge >= 0.3 is 0 Å². The predicted molar refractivity (Wildman–Crippen MR) is 96.7 cm³/mol. The third kappa shape index (κ3) is 6.04. The van der Waals surface area contributed by atoms with Crippen molar-refractivity contribution in [3.05, 3.63) is 48.8 Å². The zero-order valence-electron chi connectivity index (χ0n) is 14.0. The lowest BCUT2D eigenvalue weighted by Crippen LogP contribution is -1.84. The largest absolute Gasteiger partial charge is 0.300 e. The molecule has 3 rings (SSSR count). The Balaban J connectivity index is 0.000000257. The van der Waals surface area contributed by atoms with Crippen molar-refractivity contribution >= 4 is 34.3 Å². The smallest absolute Gasteiger partial charge is 0.130 e. The van der Waals surface area contributed by atoms with Crippen LogP contribution in [0.2, 0.25) is 20.5 Å². The molecular weight excluding hydrogens is 271 g/mol. The van der Waals surface area contributed by atoms with E-state index in [2.05, 4.69) is 54.7 Å². The van der Waals surface area contributed by atoms with Gasteiger partial charge in [-0.25, -0.2) is 0 Å². The summed E-state index contributed by atoms with van der Waals surface area (Å²) >= 11 is 0. The SMILES string of the molecule is CB(C)C.CC(C)=O.c1cnc2c(c1)ccc1cccnc12. The van der Waals surface area contributed by atoms with Crippen molar-refractivity contribution in [2.45, 2.75) is 34.3 Å². The minimum Gasteiger partial charge on any atom is -0.300 e. The lowest BCUT2D eigenvalue weighted by molar-refractivity contribution is -0.114. The van der Waals surface area contributed by atoms with E-state index in [0.717, 1.165) is 28.5 Å². The highest BCUT2D eigenvalue weighted by molar-refractivity contribution is 6.54. The van der Waals surface area contributed by atoms with E-state index in [1.807, 2.05) is 12.1 Å². The van der Waals surface area contributed by atoms with Gasteiger partial charge in [0.15, 0.2) is 0 Å². The number of pyridine rings is 2. The van der Waals surface area contributed by atoms with Gasteiger partial charge in [0, 0.05) is 23.2 Å². The fourth-order valence-electron chi connectivity index (χ4n) is 1.68. The van der Waals surface area contributed by atoms with Crippen LogP contribution in [0, 0.1) is 0 Å². The molecule has 0 unspecified atom stereocenters. The van der Waals surface area contributed by atoms with Crippen LogP contribution in [-0.2, 0) is 4.79 Å². The van der Waals surface area contributed by atoms with Crippen LogP contribution < -0.4 is 0 Å². The molecule has 0 N–H and O–H groups in total. The Morgan fingerprint density at radius 2 is 1.14 bits per heavy atom. The zero-order valence-corrected chi connectivity index (χ0v) is 14.0. The monoisotopic (exact) mass is 294 g/mol. The van der Waals surface area contributed by atoms with Gasteiger partial charge in [0.05, 0.1) is 11.0 Å². The Morgan fingerprint density at radius 1 is 0.818 bits per heavy atom. The van der Waals surface area contributed by atoms with Gasteiger partial charge in [0.2, 0.25) is 0 Å². The molecule has 4 heteroatoms. The van der Waals surface area contributed by atoms with Gasteiger partial charge in [-0.3, -0.25) is 9.97 Å². The molecule has 3 aromatic rings. The molecule has 0 saturated carbocycles. The first-order chi connectivity index (χ1) is 10.4. The second-order valence-corrected chi connectivity index (χ2v) is 5.86. The van der Waals surface area contributed by atoms with E-state index in [1.54, 1.807) is 12.4 Å². The number of Topliss-reactive ketones (excluding diaryl/α,β-unsaturated/α-hetero) is 1. The number of nitrogens with zero attached hydrogens (tertiary/aromatic N) is 2. The maximum atomic E-state index is 9.44. The molecule has 0 aliphatic carbocycles. The van der Waals surface area contributed by atoms with Gasteiger partial charge in [-0.1, -0.05) is 44.7 Å². The third-order valence-corrected chi connectivity index (χ3v) is 2.34. The molecule has 0 aliphatic heterocycles. The number of carbonyl (C=O) groups excluding carboxylic acids is 1. The Morgan fingerprint density at radius 3 is 1.45 bits per heavy atom. The van der Waals surface area contributed by atoms with E-state index in [4.69, 9.17) is 0 Å². The molecule has 2 heterocycles. The van der Waals surface area contributed by atoms with E-state index in [-0.39, 0.29) is 5.78 Å². The van der Waals surface area contributed by atoms with Crippen LogP contribution in [0.5, 0.6) is 0 Å². The van der Waals surface area contributed by atoms with Gasteiger partial charge in [-0.05, 0) is 26.0 Å². The predicted octanol–water partition coefficient (Wildman–Crippen LogP) is 4.75. The van der Waals surface area contributed by atoms with Gasteiger partial charge in [0.25, 0.3) is 0 Å². The highest BCUT2D eigenvalue weighted by atomic mass is 16.1. The standard InChI is InChI=1S/C12H8N2.C3H9B.C3H6O/c1-3-9-5-6-10-4-2-8-14-12(10)11(9)13-7-1;1-4(2)3;1-3(2)4/h1-8H;1-3H3;1-2H3. The molecular formula is C18H23BN2O. The highest BCUT2D eigenvalue weighted by Crippen LogP contribution is 2.20. The maximum absolute atomic E-state index is 9.44. The first-order valence-corrected chi connectivity index (χ1v) is 7.47. The summed E-state index contributed by atoms with van der Waals surface area (Å²) in [6, 6.07) is 12.1. The number of hydrogen-bond donors (Lipinski definition) is 0. The second-order valence-electron chi connectivity index (χ2n) is 5.86. The summed E-state index contributed by atoms with van der Waals surface area (Å²) in [7, 11) is 0. The fraction of sp³-hybridized carbons (Fsp3) is 0.278. The number of carbonyl (C=O) groups is 1. The van der Waals surface area contributed by atoms with Crippen molar-refractivity contribution < 1.29 is 4.79 Å². The molecule has 114 valence electrons.